The third-order valence-corrected chi connectivity index (χ3v) is 5.80. The monoisotopic (exact) mass is 349 g/mol. The number of fused-ring (bicyclic) bond motifs is 2. The topological polar surface area (TPSA) is 49.6 Å². The number of nitrogens with two attached hydrogens (primary N) is 1. The molecule has 136 valence electrons. The zero-order chi connectivity index (χ0) is 18.3. The standard InChI is InChI=1S/C22H27N3O/c1-3-7-17(14-23)22(26)25-15(2)18-9-6-8-16-12-13-24(21(16)18)19-10-4-5-11-20(19)25/h4-6,8-11,15,17H,3,7,12-14,23H2,1-2H3. The van der Waals surface area contributed by atoms with E-state index < -0.39 is 0 Å². The second-order valence-electron chi connectivity index (χ2n) is 7.35. The molecule has 0 saturated carbocycles. The summed E-state index contributed by atoms with van der Waals surface area (Å²) in [5, 5.41) is 0. The van der Waals surface area contributed by atoms with Crippen molar-refractivity contribution in [3.63, 3.8) is 0 Å². The van der Waals surface area contributed by atoms with Crippen LogP contribution in [-0.2, 0) is 11.2 Å². The molecule has 0 bridgehead atoms. The Morgan fingerprint density at radius 1 is 1.19 bits per heavy atom. The van der Waals surface area contributed by atoms with Gasteiger partial charge in [0.25, 0.3) is 0 Å². The first-order valence-corrected chi connectivity index (χ1v) is 9.68. The molecule has 4 heteroatoms. The van der Waals surface area contributed by atoms with Crippen LogP contribution in [0.2, 0.25) is 0 Å². The van der Waals surface area contributed by atoms with Gasteiger partial charge in [-0.05, 0) is 43.0 Å². The predicted octanol–water partition coefficient (Wildman–Crippen LogP) is 4.16. The highest BCUT2D eigenvalue weighted by Gasteiger charge is 2.37. The maximum absolute atomic E-state index is 13.5. The van der Waals surface area contributed by atoms with Crippen molar-refractivity contribution in [2.75, 3.05) is 22.9 Å². The Bertz CT molecular complexity index is 832. The summed E-state index contributed by atoms with van der Waals surface area (Å²) in [4.78, 5) is 17.9. The lowest BCUT2D eigenvalue weighted by molar-refractivity contribution is -0.122. The highest BCUT2D eigenvalue weighted by atomic mass is 16.2. The third kappa shape index (κ3) is 2.52. The second kappa shape index (κ2) is 6.76. The van der Waals surface area contributed by atoms with Gasteiger partial charge in [0, 0.05) is 18.8 Å². The van der Waals surface area contributed by atoms with E-state index >= 15 is 0 Å². The second-order valence-corrected chi connectivity index (χ2v) is 7.35. The van der Waals surface area contributed by atoms with Crippen molar-refractivity contribution in [1.29, 1.82) is 0 Å². The van der Waals surface area contributed by atoms with Crippen molar-refractivity contribution in [2.45, 2.75) is 39.2 Å². The third-order valence-electron chi connectivity index (χ3n) is 5.80. The van der Waals surface area contributed by atoms with Gasteiger partial charge in [0.15, 0.2) is 0 Å². The number of para-hydroxylation sites is 3. The summed E-state index contributed by atoms with van der Waals surface area (Å²) in [5.41, 5.74) is 12.0. The van der Waals surface area contributed by atoms with E-state index in [1.807, 2.05) is 11.0 Å². The summed E-state index contributed by atoms with van der Waals surface area (Å²) in [6, 6.07) is 14.8. The summed E-state index contributed by atoms with van der Waals surface area (Å²) < 4.78 is 0. The molecule has 2 aromatic carbocycles. The number of carbonyl (C=O) groups excluding carboxylic acids is 1. The van der Waals surface area contributed by atoms with E-state index in [9.17, 15) is 4.79 Å². The average molecular weight is 349 g/mol. The molecule has 0 saturated heterocycles. The van der Waals surface area contributed by atoms with Crippen molar-refractivity contribution in [2.24, 2.45) is 11.7 Å². The fourth-order valence-electron chi connectivity index (χ4n) is 4.50. The molecule has 0 radical (unpaired) electrons. The Morgan fingerprint density at radius 2 is 1.96 bits per heavy atom. The van der Waals surface area contributed by atoms with E-state index in [4.69, 9.17) is 5.73 Å². The minimum absolute atomic E-state index is 0.00685. The number of hydrogen-bond donors (Lipinski definition) is 1. The fourth-order valence-corrected chi connectivity index (χ4v) is 4.50. The largest absolute Gasteiger partial charge is 0.339 e. The van der Waals surface area contributed by atoms with Crippen LogP contribution >= 0.6 is 0 Å². The van der Waals surface area contributed by atoms with Crippen LogP contribution in [-0.4, -0.2) is 19.0 Å². The zero-order valence-electron chi connectivity index (χ0n) is 15.6. The summed E-state index contributed by atoms with van der Waals surface area (Å²) in [5.74, 6) is 0.0182. The molecule has 2 heterocycles. The number of amides is 1. The van der Waals surface area contributed by atoms with Gasteiger partial charge in [-0.1, -0.05) is 43.7 Å². The first-order chi connectivity index (χ1) is 12.7. The minimum Gasteiger partial charge on any atom is -0.339 e. The molecule has 4 rings (SSSR count). The van der Waals surface area contributed by atoms with Crippen LogP contribution in [0.5, 0.6) is 0 Å². The Hall–Kier alpha value is -2.33. The lowest BCUT2D eigenvalue weighted by Crippen LogP contribution is -2.40. The maximum Gasteiger partial charge on any atom is 0.232 e. The highest BCUT2D eigenvalue weighted by molar-refractivity contribution is 6.01. The molecule has 2 unspecified atom stereocenters. The molecule has 1 amide bonds. The SMILES string of the molecule is CCCC(CN)C(=O)N1c2ccccc2N2CCc3cccc(c32)C1C. The summed E-state index contributed by atoms with van der Waals surface area (Å²) in [7, 11) is 0. The molecule has 0 spiro atoms. The first-order valence-electron chi connectivity index (χ1n) is 9.68. The van der Waals surface area contributed by atoms with E-state index in [0.717, 1.165) is 37.2 Å². The van der Waals surface area contributed by atoms with Gasteiger partial charge in [-0.25, -0.2) is 0 Å². The number of nitrogens with zero attached hydrogens (tertiary/aromatic N) is 2. The van der Waals surface area contributed by atoms with E-state index in [-0.39, 0.29) is 17.9 Å². The summed E-state index contributed by atoms with van der Waals surface area (Å²) in [6.07, 6.45) is 2.85. The van der Waals surface area contributed by atoms with Crippen molar-refractivity contribution >= 4 is 23.0 Å². The molecule has 2 aromatic rings. The number of anilines is 3. The van der Waals surface area contributed by atoms with E-state index in [0.29, 0.717) is 6.54 Å². The Morgan fingerprint density at radius 3 is 2.69 bits per heavy atom. The number of benzene rings is 2. The maximum atomic E-state index is 13.5. The molecule has 26 heavy (non-hydrogen) atoms. The van der Waals surface area contributed by atoms with Gasteiger partial charge in [0.2, 0.25) is 5.91 Å². The van der Waals surface area contributed by atoms with Crippen LogP contribution in [0.4, 0.5) is 17.1 Å². The van der Waals surface area contributed by atoms with Gasteiger partial charge < -0.3 is 15.5 Å². The van der Waals surface area contributed by atoms with Crippen molar-refractivity contribution < 1.29 is 4.79 Å². The van der Waals surface area contributed by atoms with Gasteiger partial charge in [0.1, 0.15) is 0 Å². The Kier molecular flexibility index (Phi) is 4.45. The van der Waals surface area contributed by atoms with Crippen LogP contribution in [0.15, 0.2) is 42.5 Å². The molecule has 2 aliphatic rings. The smallest absolute Gasteiger partial charge is 0.232 e. The van der Waals surface area contributed by atoms with E-state index in [1.165, 1.54) is 16.8 Å². The Labute approximate surface area is 155 Å². The van der Waals surface area contributed by atoms with Gasteiger partial charge in [-0.15, -0.1) is 0 Å². The highest BCUT2D eigenvalue weighted by Crippen LogP contribution is 2.49. The van der Waals surface area contributed by atoms with Crippen LogP contribution < -0.4 is 15.5 Å². The fraction of sp³-hybridized carbons (Fsp3) is 0.409. The molecular formula is C22H27N3O. The molecule has 4 nitrogen and oxygen atoms in total. The van der Waals surface area contributed by atoms with Crippen molar-refractivity contribution in [3.05, 3.63) is 53.6 Å². The summed E-state index contributed by atoms with van der Waals surface area (Å²) >= 11 is 0. The van der Waals surface area contributed by atoms with Gasteiger partial charge >= 0.3 is 0 Å². The van der Waals surface area contributed by atoms with Gasteiger partial charge in [0.05, 0.1) is 23.3 Å². The molecule has 0 fully saturated rings. The average Bonchev–Trinajstić information content (AvgIpc) is 3.06. The zero-order valence-corrected chi connectivity index (χ0v) is 15.6. The summed E-state index contributed by atoms with van der Waals surface area (Å²) in [6.45, 7) is 5.62. The molecule has 0 aliphatic carbocycles. The molecule has 2 N–H and O–H groups in total. The van der Waals surface area contributed by atoms with Crippen LogP contribution in [0.1, 0.15) is 43.9 Å². The normalized spacial score (nSPS) is 19.0. The lowest BCUT2D eigenvalue weighted by Gasteiger charge is -2.32. The minimum atomic E-state index is -0.128. The number of hydrogen-bond acceptors (Lipinski definition) is 3. The van der Waals surface area contributed by atoms with Crippen LogP contribution in [0.3, 0.4) is 0 Å². The van der Waals surface area contributed by atoms with Crippen LogP contribution in [0.25, 0.3) is 0 Å². The van der Waals surface area contributed by atoms with E-state index in [1.54, 1.807) is 0 Å². The lowest BCUT2D eigenvalue weighted by atomic mass is 9.97. The van der Waals surface area contributed by atoms with E-state index in [2.05, 4.69) is 55.1 Å². The number of carbonyl (C=O) groups is 1. The molecule has 0 aromatic heterocycles. The van der Waals surface area contributed by atoms with Crippen molar-refractivity contribution in [1.82, 2.24) is 0 Å². The van der Waals surface area contributed by atoms with Crippen LogP contribution in [0, 0.1) is 5.92 Å². The Balaban J connectivity index is 1.89. The first kappa shape index (κ1) is 17.1. The quantitative estimate of drug-likeness (QED) is 0.901. The molecule has 2 aliphatic heterocycles. The predicted molar refractivity (Wildman–Crippen MR) is 107 cm³/mol. The number of rotatable bonds is 4. The molecule has 2 atom stereocenters. The molecular weight excluding hydrogens is 322 g/mol. The van der Waals surface area contributed by atoms with Crippen molar-refractivity contribution in [3.8, 4) is 0 Å². The van der Waals surface area contributed by atoms with Gasteiger partial charge in [-0.2, -0.15) is 0 Å². The van der Waals surface area contributed by atoms with Gasteiger partial charge in [-0.3, -0.25) is 4.79 Å².